The molecule has 2 aromatic rings. The largest absolute Gasteiger partial charge is 0.457 e. The van der Waals surface area contributed by atoms with E-state index in [9.17, 15) is 8.78 Å². The van der Waals surface area contributed by atoms with Crippen LogP contribution in [0.2, 0.25) is 0 Å². The summed E-state index contributed by atoms with van der Waals surface area (Å²) in [6.45, 7) is 2.07. The predicted octanol–water partition coefficient (Wildman–Crippen LogP) is 3.57. The number of halogens is 2. The molecule has 0 saturated carbocycles. The minimum atomic E-state index is -0.345. The van der Waals surface area contributed by atoms with Crippen LogP contribution in [0.5, 0.6) is 11.5 Å². The Labute approximate surface area is 110 Å². The molecule has 0 amide bonds. The fourth-order valence-corrected chi connectivity index (χ4v) is 1.87. The third kappa shape index (κ3) is 3.09. The van der Waals surface area contributed by atoms with Crippen molar-refractivity contribution >= 4 is 0 Å². The average molecular weight is 263 g/mol. The standard InChI is InChI=1S/C15H15F2NO/c1-10-9-11(16)5-6-14(10)19-15-4-2-3-13(17)12(15)7-8-18/h2-6,9H,7-8,18H2,1H3. The summed E-state index contributed by atoms with van der Waals surface area (Å²) in [4.78, 5) is 0. The van der Waals surface area contributed by atoms with Gasteiger partial charge in [0, 0.05) is 5.56 Å². The minimum Gasteiger partial charge on any atom is -0.457 e. The molecule has 0 radical (unpaired) electrons. The molecule has 0 atom stereocenters. The summed E-state index contributed by atoms with van der Waals surface area (Å²) in [5.41, 5.74) is 6.56. The summed E-state index contributed by atoms with van der Waals surface area (Å²) in [7, 11) is 0. The van der Waals surface area contributed by atoms with Crippen LogP contribution in [0.25, 0.3) is 0 Å². The quantitative estimate of drug-likeness (QED) is 0.915. The van der Waals surface area contributed by atoms with Crippen LogP contribution in [0, 0.1) is 18.6 Å². The van der Waals surface area contributed by atoms with Gasteiger partial charge in [0.05, 0.1) is 0 Å². The number of nitrogens with two attached hydrogens (primary N) is 1. The Morgan fingerprint density at radius 2 is 1.89 bits per heavy atom. The fraction of sp³-hybridized carbons (Fsp3) is 0.200. The van der Waals surface area contributed by atoms with Gasteiger partial charge in [0.1, 0.15) is 23.1 Å². The van der Waals surface area contributed by atoms with Crippen molar-refractivity contribution in [2.75, 3.05) is 6.54 Å². The lowest BCUT2D eigenvalue weighted by Gasteiger charge is -2.13. The molecule has 4 heteroatoms. The molecular formula is C15H15F2NO. The van der Waals surface area contributed by atoms with Gasteiger partial charge < -0.3 is 10.5 Å². The summed E-state index contributed by atoms with van der Waals surface area (Å²) in [5, 5.41) is 0. The Kier molecular flexibility index (Phi) is 4.12. The van der Waals surface area contributed by atoms with Crippen molar-refractivity contribution in [1.29, 1.82) is 0 Å². The van der Waals surface area contributed by atoms with Gasteiger partial charge in [-0.25, -0.2) is 8.78 Å². The van der Waals surface area contributed by atoms with Gasteiger partial charge in [-0.15, -0.1) is 0 Å². The van der Waals surface area contributed by atoms with Crippen LogP contribution < -0.4 is 10.5 Å². The first-order chi connectivity index (χ1) is 9.11. The predicted molar refractivity (Wildman–Crippen MR) is 70.4 cm³/mol. The Hall–Kier alpha value is -1.94. The van der Waals surface area contributed by atoms with Crippen LogP contribution in [0.4, 0.5) is 8.78 Å². The monoisotopic (exact) mass is 263 g/mol. The van der Waals surface area contributed by atoms with Gasteiger partial charge in [-0.2, -0.15) is 0 Å². The molecule has 0 aliphatic heterocycles. The summed E-state index contributed by atoms with van der Waals surface area (Å²) in [6, 6.07) is 8.83. The Balaban J connectivity index is 2.35. The lowest BCUT2D eigenvalue weighted by molar-refractivity contribution is 0.462. The first-order valence-electron chi connectivity index (χ1n) is 6.03. The zero-order valence-corrected chi connectivity index (χ0v) is 10.6. The third-order valence-corrected chi connectivity index (χ3v) is 2.83. The third-order valence-electron chi connectivity index (χ3n) is 2.83. The van der Waals surface area contributed by atoms with E-state index in [0.717, 1.165) is 0 Å². The second-order valence-corrected chi connectivity index (χ2v) is 4.27. The summed E-state index contributed by atoms with van der Waals surface area (Å²) >= 11 is 0. The SMILES string of the molecule is Cc1cc(F)ccc1Oc1cccc(F)c1CCN. The van der Waals surface area contributed by atoms with Gasteiger partial charge in [0.15, 0.2) is 0 Å². The highest BCUT2D eigenvalue weighted by molar-refractivity contribution is 5.41. The average Bonchev–Trinajstić information content (AvgIpc) is 2.37. The van der Waals surface area contributed by atoms with E-state index in [1.165, 1.54) is 24.3 Å². The highest BCUT2D eigenvalue weighted by Crippen LogP contribution is 2.29. The van der Waals surface area contributed by atoms with Gasteiger partial charge in [-0.1, -0.05) is 6.07 Å². The molecule has 0 heterocycles. The van der Waals surface area contributed by atoms with Crippen LogP contribution >= 0.6 is 0 Å². The molecule has 2 N–H and O–H groups in total. The lowest BCUT2D eigenvalue weighted by Crippen LogP contribution is -2.06. The molecule has 2 rings (SSSR count). The Bertz CT molecular complexity index is 584. The molecule has 0 aliphatic carbocycles. The number of ether oxygens (including phenoxy) is 1. The fourth-order valence-electron chi connectivity index (χ4n) is 1.87. The zero-order valence-electron chi connectivity index (χ0n) is 10.6. The van der Waals surface area contributed by atoms with E-state index in [1.807, 2.05) is 0 Å². The molecule has 0 fully saturated rings. The van der Waals surface area contributed by atoms with Crippen LogP contribution in [0.3, 0.4) is 0 Å². The molecular weight excluding hydrogens is 248 g/mol. The van der Waals surface area contributed by atoms with Gasteiger partial charge in [0.2, 0.25) is 0 Å². The van der Waals surface area contributed by atoms with E-state index in [-0.39, 0.29) is 11.6 Å². The van der Waals surface area contributed by atoms with Gasteiger partial charge >= 0.3 is 0 Å². The summed E-state index contributed by atoms with van der Waals surface area (Å²) in [5.74, 6) is 0.249. The molecule has 2 nitrogen and oxygen atoms in total. The molecule has 0 aromatic heterocycles. The van der Waals surface area contributed by atoms with E-state index in [4.69, 9.17) is 10.5 Å². The number of hydrogen-bond acceptors (Lipinski definition) is 2. The number of hydrogen-bond donors (Lipinski definition) is 1. The Morgan fingerprint density at radius 1 is 1.11 bits per heavy atom. The van der Waals surface area contributed by atoms with Crippen LogP contribution in [-0.2, 0) is 6.42 Å². The maximum Gasteiger partial charge on any atom is 0.133 e. The van der Waals surface area contributed by atoms with Crippen LogP contribution in [-0.4, -0.2) is 6.54 Å². The summed E-state index contributed by atoms with van der Waals surface area (Å²) in [6.07, 6.45) is 0.391. The molecule has 19 heavy (non-hydrogen) atoms. The Morgan fingerprint density at radius 3 is 2.58 bits per heavy atom. The first-order valence-corrected chi connectivity index (χ1v) is 6.03. The maximum absolute atomic E-state index is 13.7. The molecule has 0 bridgehead atoms. The van der Waals surface area contributed by atoms with E-state index in [2.05, 4.69) is 0 Å². The van der Waals surface area contributed by atoms with Gasteiger partial charge in [-0.3, -0.25) is 0 Å². The van der Waals surface area contributed by atoms with E-state index in [0.29, 0.717) is 35.6 Å². The van der Waals surface area contributed by atoms with Crippen molar-refractivity contribution in [3.8, 4) is 11.5 Å². The smallest absolute Gasteiger partial charge is 0.133 e. The molecule has 100 valence electrons. The first kappa shape index (κ1) is 13.5. The van der Waals surface area contributed by atoms with Crippen molar-refractivity contribution in [3.05, 3.63) is 59.2 Å². The second-order valence-electron chi connectivity index (χ2n) is 4.27. The number of aryl methyl sites for hydroxylation is 1. The van der Waals surface area contributed by atoms with Crippen molar-refractivity contribution in [2.45, 2.75) is 13.3 Å². The van der Waals surface area contributed by atoms with E-state index in [1.54, 1.807) is 19.1 Å². The molecule has 0 saturated heterocycles. The molecule has 2 aromatic carbocycles. The number of rotatable bonds is 4. The zero-order chi connectivity index (χ0) is 13.8. The van der Waals surface area contributed by atoms with Crippen molar-refractivity contribution in [3.63, 3.8) is 0 Å². The normalized spacial score (nSPS) is 10.5. The van der Waals surface area contributed by atoms with Gasteiger partial charge in [-0.05, 0) is 55.8 Å². The highest BCUT2D eigenvalue weighted by atomic mass is 19.1. The molecule has 0 spiro atoms. The van der Waals surface area contributed by atoms with Crippen LogP contribution in [0.1, 0.15) is 11.1 Å². The molecule has 0 aliphatic rings. The van der Waals surface area contributed by atoms with Crippen LogP contribution in [0.15, 0.2) is 36.4 Å². The van der Waals surface area contributed by atoms with Crippen molar-refractivity contribution in [1.82, 2.24) is 0 Å². The van der Waals surface area contributed by atoms with E-state index >= 15 is 0 Å². The van der Waals surface area contributed by atoms with Crippen molar-refractivity contribution in [2.24, 2.45) is 5.73 Å². The van der Waals surface area contributed by atoms with E-state index < -0.39 is 0 Å². The van der Waals surface area contributed by atoms with Crippen molar-refractivity contribution < 1.29 is 13.5 Å². The highest BCUT2D eigenvalue weighted by Gasteiger charge is 2.11. The number of benzene rings is 2. The lowest BCUT2D eigenvalue weighted by atomic mass is 10.1. The molecule has 0 unspecified atom stereocenters. The van der Waals surface area contributed by atoms with Gasteiger partial charge in [0.25, 0.3) is 0 Å². The maximum atomic E-state index is 13.7. The second kappa shape index (κ2) is 5.80. The minimum absolute atomic E-state index is 0.328. The topological polar surface area (TPSA) is 35.2 Å². The summed E-state index contributed by atoms with van der Waals surface area (Å²) < 4.78 is 32.4.